The van der Waals surface area contributed by atoms with Crippen LogP contribution in [0.4, 0.5) is 13.9 Å². The Morgan fingerprint density at radius 1 is 1.05 bits per heavy atom. The van der Waals surface area contributed by atoms with Crippen molar-refractivity contribution in [1.82, 2.24) is 10.2 Å². The Balaban J connectivity index is 1.41. The van der Waals surface area contributed by atoms with E-state index in [2.05, 4.69) is 16.3 Å². The smallest absolute Gasteiger partial charge is 0.269 e. The fraction of sp³-hybridized carbons (Fsp3) is 0.267. The summed E-state index contributed by atoms with van der Waals surface area (Å²) in [6.07, 6.45) is 4.75. The van der Waals surface area contributed by atoms with Crippen molar-refractivity contribution in [1.29, 1.82) is 0 Å². The summed E-state index contributed by atoms with van der Waals surface area (Å²) in [6, 6.07) is 13.2. The Morgan fingerprint density at radius 3 is 2.53 bits per heavy atom. The topological polar surface area (TPSA) is 90.9 Å². The van der Waals surface area contributed by atoms with Crippen molar-refractivity contribution in [3.05, 3.63) is 94.0 Å². The molecule has 1 aliphatic rings. The van der Waals surface area contributed by atoms with E-state index < -0.39 is 20.7 Å². The molecule has 0 saturated carbocycles. The van der Waals surface area contributed by atoms with Gasteiger partial charge in [0.25, 0.3) is 10.0 Å². The minimum Gasteiger partial charge on any atom is -0.497 e. The van der Waals surface area contributed by atoms with Crippen molar-refractivity contribution >= 4 is 43.7 Å². The molecule has 3 aromatic carbocycles. The average molecular weight is 648 g/mol. The molecule has 0 aliphatic heterocycles. The molecule has 43 heavy (non-hydrogen) atoms. The molecule has 0 amide bonds. The van der Waals surface area contributed by atoms with Crippen molar-refractivity contribution in [3.8, 4) is 17.2 Å². The van der Waals surface area contributed by atoms with Crippen molar-refractivity contribution < 1.29 is 31.4 Å². The molecule has 8 nitrogen and oxygen atoms in total. The SMILES string of the molecule is COc1ccc(CN(c2nncs2)S(=O)(=O)c2cc(Cl)c(OCC3CCCC=C3c3ccc(F)cc3)cc2F)c(OC)c1. The number of hydrogen-bond donors (Lipinski definition) is 0. The van der Waals surface area contributed by atoms with Gasteiger partial charge < -0.3 is 14.2 Å². The standard InChI is InChI=1S/C30H28ClF2N3O5S2/c1-39-23-12-9-20(27(13-23)40-2)16-36(30-35-34-18-42-30)43(37,38)29-14-25(31)28(15-26(29)33)41-17-21-5-3-4-6-24(21)19-7-10-22(32)11-8-19/h6-15,18,21H,3-5,16-17H2,1-2H3. The van der Waals surface area contributed by atoms with Gasteiger partial charge in [-0.1, -0.05) is 41.1 Å². The molecule has 0 N–H and O–H groups in total. The highest BCUT2D eigenvalue weighted by Crippen LogP contribution is 2.38. The zero-order valence-electron chi connectivity index (χ0n) is 23.3. The average Bonchev–Trinajstić information content (AvgIpc) is 3.55. The second kappa shape index (κ2) is 13.3. The number of benzene rings is 3. The highest BCUT2D eigenvalue weighted by Gasteiger charge is 2.32. The monoisotopic (exact) mass is 647 g/mol. The first-order chi connectivity index (χ1) is 20.7. The van der Waals surface area contributed by atoms with Crippen LogP contribution in [0.1, 0.15) is 30.4 Å². The van der Waals surface area contributed by atoms with Crippen molar-refractivity contribution in [2.45, 2.75) is 30.7 Å². The van der Waals surface area contributed by atoms with E-state index in [1.54, 1.807) is 30.3 Å². The molecule has 1 aromatic heterocycles. The van der Waals surface area contributed by atoms with Crippen LogP contribution in [0.2, 0.25) is 5.02 Å². The van der Waals surface area contributed by atoms with Crippen molar-refractivity contribution in [2.24, 2.45) is 5.92 Å². The van der Waals surface area contributed by atoms with Crippen LogP contribution in [-0.2, 0) is 16.6 Å². The second-order valence-corrected chi connectivity index (χ2v) is 12.8. The van der Waals surface area contributed by atoms with E-state index in [9.17, 15) is 12.8 Å². The molecule has 1 heterocycles. The van der Waals surface area contributed by atoms with Gasteiger partial charge in [-0.2, -0.15) is 0 Å². The lowest BCUT2D eigenvalue weighted by atomic mass is 9.84. The number of sulfonamides is 1. The third kappa shape index (κ3) is 6.76. The molecule has 0 bridgehead atoms. The lowest BCUT2D eigenvalue weighted by Gasteiger charge is -2.25. The van der Waals surface area contributed by atoms with Crippen LogP contribution in [0.15, 0.2) is 71.1 Å². The van der Waals surface area contributed by atoms with Gasteiger partial charge in [0.1, 0.15) is 39.3 Å². The van der Waals surface area contributed by atoms with Gasteiger partial charge in [-0.15, -0.1) is 10.2 Å². The summed E-state index contributed by atoms with van der Waals surface area (Å²) in [5.74, 6) is -0.474. The van der Waals surface area contributed by atoms with Crippen LogP contribution in [0, 0.1) is 17.6 Å². The van der Waals surface area contributed by atoms with Gasteiger partial charge in [-0.3, -0.25) is 0 Å². The van der Waals surface area contributed by atoms with Gasteiger partial charge >= 0.3 is 0 Å². The molecule has 1 aliphatic carbocycles. The maximum absolute atomic E-state index is 15.6. The van der Waals surface area contributed by atoms with Crippen molar-refractivity contribution in [2.75, 3.05) is 25.1 Å². The Hall–Kier alpha value is -3.74. The molecule has 5 rings (SSSR count). The molecule has 0 saturated heterocycles. The molecular formula is C30H28ClF2N3O5S2. The number of anilines is 1. The van der Waals surface area contributed by atoms with E-state index in [4.69, 9.17) is 25.8 Å². The van der Waals surface area contributed by atoms with Gasteiger partial charge in [0.2, 0.25) is 5.13 Å². The molecule has 13 heteroatoms. The van der Waals surface area contributed by atoms with E-state index in [0.717, 1.165) is 58.2 Å². The number of allylic oxidation sites excluding steroid dienone is 1. The van der Waals surface area contributed by atoms with Crippen LogP contribution in [0.5, 0.6) is 17.2 Å². The first-order valence-electron chi connectivity index (χ1n) is 13.3. The summed E-state index contributed by atoms with van der Waals surface area (Å²) < 4.78 is 74.4. The van der Waals surface area contributed by atoms with Gasteiger partial charge in [0, 0.05) is 23.6 Å². The largest absolute Gasteiger partial charge is 0.497 e. The maximum Gasteiger partial charge on any atom is 0.269 e. The Bertz CT molecular complexity index is 1720. The number of nitrogens with zero attached hydrogens (tertiary/aromatic N) is 3. The summed E-state index contributed by atoms with van der Waals surface area (Å²) in [5, 5.41) is 7.66. The summed E-state index contributed by atoms with van der Waals surface area (Å²) in [6.45, 7) is -0.0389. The third-order valence-corrected chi connectivity index (χ3v) is 9.98. The van der Waals surface area contributed by atoms with E-state index >= 15 is 4.39 Å². The molecule has 226 valence electrons. The van der Waals surface area contributed by atoms with Gasteiger partial charge in [-0.05, 0) is 60.7 Å². The van der Waals surface area contributed by atoms with E-state index in [-0.39, 0.29) is 40.8 Å². The summed E-state index contributed by atoms with van der Waals surface area (Å²) in [4.78, 5) is -0.642. The summed E-state index contributed by atoms with van der Waals surface area (Å²) >= 11 is 7.46. The number of ether oxygens (including phenoxy) is 3. The summed E-state index contributed by atoms with van der Waals surface area (Å²) in [5.41, 5.74) is 3.77. The van der Waals surface area contributed by atoms with Crippen LogP contribution >= 0.6 is 22.9 Å². The number of halogens is 3. The predicted octanol–water partition coefficient (Wildman–Crippen LogP) is 7.14. The predicted molar refractivity (Wildman–Crippen MR) is 161 cm³/mol. The minimum absolute atomic E-state index is 0.0152. The van der Waals surface area contributed by atoms with Gasteiger partial charge in [0.05, 0.1) is 32.4 Å². The first kappa shape index (κ1) is 30.7. The maximum atomic E-state index is 15.6. The molecule has 0 fully saturated rings. The second-order valence-electron chi connectivity index (χ2n) is 9.73. The van der Waals surface area contributed by atoms with Crippen LogP contribution in [-0.4, -0.2) is 39.4 Å². The van der Waals surface area contributed by atoms with Crippen LogP contribution < -0.4 is 18.5 Å². The van der Waals surface area contributed by atoms with Gasteiger partial charge in [-0.25, -0.2) is 21.5 Å². The molecule has 4 aromatic rings. The number of hydrogen-bond acceptors (Lipinski definition) is 8. The Morgan fingerprint density at radius 2 is 1.84 bits per heavy atom. The third-order valence-electron chi connectivity index (χ3n) is 7.10. The van der Waals surface area contributed by atoms with Crippen molar-refractivity contribution in [3.63, 3.8) is 0 Å². The summed E-state index contributed by atoms with van der Waals surface area (Å²) in [7, 11) is -1.56. The Kier molecular flexibility index (Phi) is 9.48. The van der Waals surface area contributed by atoms with Crippen LogP contribution in [0.25, 0.3) is 5.57 Å². The fourth-order valence-electron chi connectivity index (χ4n) is 4.91. The zero-order valence-corrected chi connectivity index (χ0v) is 25.7. The highest BCUT2D eigenvalue weighted by molar-refractivity contribution is 7.93. The van der Waals surface area contributed by atoms with E-state index in [1.165, 1.54) is 31.9 Å². The molecular weight excluding hydrogens is 620 g/mol. The molecule has 0 spiro atoms. The van der Waals surface area contributed by atoms with Crippen LogP contribution in [0.3, 0.4) is 0 Å². The van der Waals surface area contributed by atoms with Gasteiger partial charge in [0.15, 0.2) is 0 Å². The minimum atomic E-state index is -4.52. The zero-order chi connectivity index (χ0) is 30.6. The lowest BCUT2D eigenvalue weighted by Crippen LogP contribution is -2.31. The number of methoxy groups -OCH3 is 2. The quantitative estimate of drug-likeness (QED) is 0.171. The van der Waals surface area contributed by atoms with E-state index in [1.807, 2.05) is 0 Å². The highest BCUT2D eigenvalue weighted by atomic mass is 35.5. The van der Waals surface area contributed by atoms with E-state index in [0.29, 0.717) is 17.1 Å². The molecule has 0 radical (unpaired) electrons. The number of aromatic nitrogens is 2. The lowest BCUT2D eigenvalue weighted by molar-refractivity contribution is 0.267. The fourth-order valence-corrected chi connectivity index (χ4v) is 7.44. The molecule has 1 atom stereocenters. The first-order valence-corrected chi connectivity index (χ1v) is 16.0. The number of rotatable bonds is 11. The Labute approximate surface area is 257 Å². The molecule has 1 unspecified atom stereocenters. The normalized spacial score (nSPS) is 15.1.